The summed E-state index contributed by atoms with van der Waals surface area (Å²) in [6.45, 7) is 4.48. The summed E-state index contributed by atoms with van der Waals surface area (Å²) in [5, 5.41) is 23.7. The van der Waals surface area contributed by atoms with E-state index in [4.69, 9.17) is 0 Å². The van der Waals surface area contributed by atoms with Crippen LogP contribution in [0.15, 0.2) is 30.3 Å². The van der Waals surface area contributed by atoms with E-state index in [1.54, 1.807) is 30.3 Å². The fourth-order valence-corrected chi connectivity index (χ4v) is 3.36. The zero-order valence-corrected chi connectivity index (χ0v) is 14.5. The van der Waals surface area contributed by atoms with E-state index in [1.165, 1.54) is 0 Å². The van der Waals surface area contributed by atoms with Gasteiger partial charge in [-0.15, -0.1) is 0 Å². The van der Waals surface area contributed by atoms with Crippen molar-refractivity contribution < 1.29 is 9.90 Å². The normalized spacial score (nSPS) is 16.9. The van der Waals surface area contributed by atoms with Crippen LogP contribution in [0.3, 0.4) is 0 Å². The summed E-state index contributed by atoms with van der Waals surface area (Å²) in [6.07, 6.45) is 1.08. The van der Waals surface area contributed by atoms with E-state index in [0.717, 1.165) is 36.2 Å². The van der Waals surface area contributed by atoms with E-state index in [-0.39, 0.29) is 11.7 Å². The first kappa shape index (κ1) is 16.5. The molecule has 0 spiro atoms. The number of carbonyl (C=O) groups is 1. The van der Waals surface area contributed by atoms with Crippen molar-refractivity contribution in [1.82, 2.24) is 25.8 Å². The van der Waals surface area contributed by atoms with Crippen LogP contribution in [-0.2, 0) is 0 Å². The van der Waals surface area contributed by atoms with Gasteiger partial charge in [-0.25, -0.2) is 4.98 Å². The van der Waals surface area contributed by atoms with Gasteiger partial charge in [0.1, 0.15) is 5.75 Å². The van der Waals surface area contributed by atoms with Gasteiger partial charge in [0.25, 0.3) is 5.91 Å². The van der Waals surface area contributed by atoms with Crippen LogP contribution in [0.4, 0.5) is 0 Å². The number of fused-ring (bicyclic) bond motifs is 1. The van der Waals surface area contributed by atoms with Gasteiger partial charge in [-0.2, -0.15) is 5.10 Å². The Labute approximate surface area is 150 Å². The van der Waals surface area contributed by atoms with E-state index in [1.807, 2.05) is 6.92 Å². The number of aryl methyl sites for hydroxylation is 1. The van der Waals surface area contributed by atoms with Gasteiger partial charge in [-0.3, -0.25) is 9.89 Å². The van der Waals surface area contributed by atoms with Crippen LogP contribution >= 0.6 is 0 Å². The van der Waals surface area contributed by atoms with Crippen LogP contribution in [0.1, 0.15) is 22.5 Å². The molecule has 1 aromatic carbocycles. The molecule has 0 saturated carbocycles. The number of phenolic OH excluding ortho intramolecular Hbond substituents is 1. The van der Waals surface area contributed by atoms with E-state index >= 15 is 0 Å². The second-order valence-electron chi connectivity index (χ2n) is 6.72. The van der Waals surface area contributed by atoms with Crippen LogP contribution in [0.2, 0.25) is 0 Å². The fourth-order valence-electron chi connectivity index (χ4n) is 3.36. The Morgan fingerprint density at radius 2 is 2.15 bits per heavy atom. The van der Waals surface area contributed by atoms with Gasteiger partial charge in [0.05, 0.1) is 16.6 Å². The Morgan fingerprint density at radius 1 is 1.35 bits per heavy atom. The standard InChI is InChI=1S/C19H21N5O2/c1-11-17-15(19(26)21-10-12-6-7-20-9-12)8-16(22-18(17)24-23-11)13-2-4-14(25)5-3-13/h2-5,8,12,20,25H,6-7,9-10H2,1H3,(H,21,26)(H,22,23,24). The molecular formula is C19H21N5O2. The van der Waals surface area contributed by atoms with E-state index in [2.05, 4.69) is 25.8 Å². The summed E-state index contributed by atoms with van der Waals surface area (Å²) < 4.78 is 0. The molecule has 0 bridgehead atoms. The maximum atomic E-state index is 12.9. The summed E-state index contributed by atoms with van der Waals surface area (Å²) in [5.41, 5.74) is 3.37. The van der Waals surface area contributed by atoms with E-state index in [0.29, 0.717) is 29.4 Å². The molecular weight excluding hydrogens is 330 g/mol. The highest BCUT2D eigenvalue weighted by Crippen LogP contribution is 2.27. The number of pyridine rings is 1. The molecule has 3 heterocycles. The van der Waals surface area contributed by atoms with Crippen LogP contribution in [0.25, 0.3) is 22.3 Å². The van der Waals surface area contributed by atoms with Crippen LogP contribution in [-0.4, -0.2) is 45.8 Å². The molecule has 3 aromatic rings. The molecule has 26 heavy (non-hydrogen) atoms. The van der Waals surface area contributed by atoms with Crippen molar-refractivity contribution in [3.05, 3.63) is 41.6 Å². The van der Waals surface area contributed by atoms with Crippen molar-refractivity contribution >= 4 is 16.9 Å². The number of aromatic nitrogens is 3. The first-order valence-corrected chi connectivity index (χ1v) is 8.76. The van der Waals surface area contributed by atoms with Crippen molar-refractivity contribution in [2.24, 2.45) is 5.92 Å². The number of H-pyrrole nitrogens is 1. The molecule has 1 amide bonds. The minimum absolute atomic E-state index is 0.117. The Balaban J connectivity index is 1.70. The van der Waals surface area contributed by atoms with E-state index in [9.17, 15) is 9.90 Å². The average molecular weight is 351 g/mol. The van der Waals surface area contributed by atoms with Gasteiger partial charge in [-0.1, -0.05) is 0 Å². The third kappa shape index (κ3) is 3.13. The summed E-state index contributed by atoms with van der Waals surface area (Å²) in [5.74, 6) is 0.542. The lowest BCUT2D eigenvalue weighted by Crippen LogP contribution is -2.30. The van der Waals surface area contributed by atoms with Gasteiger partial charge < -0.3 is 15.7 Å². The molecule has 1 fully saturated rings. The number of hydrogen-bond acceptors (Lipinski definition) is 5. The highest BCUT2D eigenvalue weighted by molar-refractivity contribution is 6.07. The monoisotopic (exact) mass is 351 g/mol. The second kappa shape index (κ2) is 6.76. The number of rotatable bonds is 4. The van der Waals surface area contributed by atoms with Crippen molar-refractivity contribution in [3.8, 4) is 17.0 Å². The van der Waals surface area contributed by atoms with Crippen molar-refractivity contribution in [3.63, 3.8) is 0 Å². The lowest BCUT2D eigenvalue weighted by Gasteiger charge is -2.12. The fraction of sp³-hybridized carbons (Fsp3) is 0.316. The largest absolute Gasteiger partial charge is 0.508 e. The van der Waals surface area contributed by atoms with Gasteiger partial charge in [-0.05, 0) is 62.7 Å². The summed E-state index contributed by atoms with van der Waals surface area (Å²) in [7, 11) is 0. The molecule has 1 atom stereocenters. The molecule has 4 rings (SSSR count). The minimum Gasteiger partial charge on any atom is -0.508 e. The third-order valence-corrected chi connectivity index (χ3v) is 4.83. The minimum atomic E-state index is -0.117. The SMILES string of the molecule is Cc1[nH]nc2nc(-c3ccc(O)cc3)cc(C(=O)NCC3CCNC3)c12. The highest BCUT2D eigenvalue weighted by atomic mass is 16.3. The lowest BCUT2D eigenvalue weighted by atomic mass is 10.0. The quantitative estimate of drug-likeness (QED) is 0.575. The van der Waals surface area contributed by atoms with Gasteiger partial charge >= 0.3 is 0 Å². The molecule has 1 aliphatic heterocycles. The number of nitrogens with one attached hydrogen (secondary N) is 3. The van der Waals surface area contributed by atoms with Crippen LogP contribution < -0.4 is 10.6 Å². The molecule has 1 unspecified atom stereocenters. The Hall–Kier alpha value is -2.93. The third-order valence-electron chi connectivity index (χ3n) is 4.83. The lowest BCUT2D eigenvalue weighted by molar-refractivity contribution is 0.0949. The molecule has 7 heteroatoms. The summed E-state index contributed by atoms with van der Waals surface area (Å²) >= 11 is 0. The first-order valence-electron chi connectivity index (χ1n) is 8.76. The zero-order chi connectivity index (χ0) is 18.1. The summed E-state index contributed by atoms with van der Waals surface area (Å²) in [4.78, 5) is 17.4. The van der Waals surface area contributed by atoms with Gasteiger partial charge in [0.15, 0.2) is 5.65 Å². The Morgan fingerprint density at radius 3 is 2.88 bits per heavy atom. The maximum Gasteiger partial charge on any atom is 0.252 e. The van der Waals surface area contributed by atoms with Gasteiger partial charge in [0.2, 0.25) is 0 Å². The second-order valence-corrected chi connectivity index (χ2v) is 6.72. The predicted octanol–water partition coefficient (Wildman–Crippen LogP) is 1.98. The number of phenols is 1. The van der Waals surface area contributed by atoms with Gasteiger partial charge in [0, 0.05) is 17.8 Å². The number of carbonyl (C=O) groups excluding carboxylic acids is 1. The molecule has 1 saturated heterocycles. The average Bonchev–Trinajstić information content (AvgIpc) is 3.30. The van der Waals surface area contributed by atoms with Crippen molar-refractivity contribution in [1.29, 1.82) is 0 Å². The molecule has 134 valence electrons. The molecule has 2 aromatic heterocycles. The highest BCUT2D eigenvalue weighted by Gasteiger charge is 2.20. The number of amides is 1. The molecule has 7 nitrogen and oxygen atoms in total. The smallest absolute Gasteiger partial charge is 0.252 e. The number of hydrogen-bond donors (Lipinski definition) is 4. The maximum absolute atomic E-state index is 12.9. The number of aromatic amines is 1. The predicted molar refractivity (Wildman–Crippen MR) is 99.0 cm³/mol. The summed E-state index contributed by atoms with van der Waals surface area (Å²) in [6, 6.07) is 8.54. The molecule has 4 N–H and O–H groups in total. The molecule has 1 aliphatic rings. The topological polar surface area (TPSA) is 103 Å². The van der Waals surface area contributed by atoms with Crippen LogP contribution in [0, 0.1) is 12.8 Å². The van der Waals surface area contributed by atoms with Crippen molar-refractivity contribution in [2.75, 3.05) is 19.6 Å². The van der Waals surface area contributed by atoms with E-state index < -0.39 is 0 Å². The molecule has 0 aliphatic carbocycles. The Kier molecular flexibility index (Phi) is 4.30. The first-order chi connectivity index (χ1) is 12.6. The molecule has 0 radical (unpaired) electrons. The Bertz CT molecular complexity index is 942. The number of benzene rings is 1. The zero-order valence-electron chi connectivity index (χ0n) is 14.5. The van der Waals surface area contributed by atoms with Crippen LogP contribution in [0.5, 0.6) is 5.75 Å². The number of nitrogens with zero attached hydrogens (tertiary/aromatic N) is 2. The number of aromatic hydroxyl groups is 1. The van der Waals surface area contributed by atoms with Crippen molar-refractivity contribution in [2.45, 2.75) is 13.3 Å².